The third-order valence-corrected chi connectivity index (χ3v) is 4.84. The molecule has 2 aliphatic rings. The van der Waals surface area contributed by atoms with Crippen molar-refractivity contribution in [3.8, 4) is 5.75 Å². The Morgan fingerprint density at radius 2 is 2.00 bits per heavy atom. The Hall–Kier alpha value is -2.55. The number of hydrogen-bond acceptors (Lipinski definition) is 8. The molecule has 9 nitrogen and oxygen atoms in total. The van der Waals surface area contributed by atoms with Crippen molar-refractivity contribution in [1.29, 1.82) is 0 Å². The maximum atomic E-state index is 11.1. The lowest BCUT2D eigenvalue weighted by Crippen LogP contribution is -2.58. The van der Waals surface area contributed by atoms with E-state index in [9.17, 15) is 10.1 Å². The molecule has 1 spiro atoms. The Morgan fingerprint density at radius 1 is 1.32 bits per heavy atom. The molecule has 1 fully saturated rings. The number of nitrogens with zero attached hydrogens (tertiary/aromatic N) is 4. The van der Waals surface area contributed by atoms with Gasteiger partial charge >= 0.3 is 0 Å². The fourth-order valence-electron chi connectivity index (χ4n) is 3.48. The number of hydrogen-bond donors (Lipinski definition) is 2. The predicted octanol–water partition coefficient (Wildman–Crippen LogP) is 2.37. The molecule has 10 heteroatoms. The minimum absolute atomic E-state index is 0.0120. The first kappa shape index (κ1) is 17.3. The summed E-state index contributed by atoms with van der Waals surface area (Å²) in [6.45, 7) is 0. The van der Waals surface area contributed by atoms with Crippen LogP contribution in [0.25, 0.3) is 0 Å². The number of nitrogens with two attached hydrogens (primary N) is 2. The first-order chi connectivity index (χ1) is 11.9. The normalized spacial score (nSPS) is 19.4. The van der Waals surface area contributed by atoms with Gasteiger partial charge in [-0.1, -0.05) is 18.0 Å². The van der Waals surface area contributed by atoms with Gasteiger partial charge in [-0.25, -0.2) is 4.99 Å². The van der Waals surface area contributed by atoms with Crippen LogP contribution in [-0.2, 0) is 0 Å². The van der Waals surface area contributed by atoms with Gasteiger partial charge in [0.2, 0.25) is 11.9 Å². The maximum Gasteiger partial charge on any atom is 0.291 e. The van der Waals surface area contributed by atoms with Gasteiger partial charge in [0.25, 0.3) is 5.69 Å². The molecule has 0 amide bonds. The van der Waals surface area contributed by atoms with E-state index in [0.717, 1.165) is 32.1 Å². The van der Waals surface area contributed by atoms with Crippen LogP contribution in [0.4, 0.5) is 11.4 Å². The number of aliphatic imine (C=N–C) groups is 2. The molecule has 3 rings (SSSR count). The summed E-state index contributed by atoms with van der Waals surface area (Å²) < 4.78 is 5.36. The molecule has 134 valence electrons. The second kappa shape index (κ2) is 6.40. The highest BCUT2D eigenvalue weighted by atomic mass is 35.5. The lowest BCUT2D eigenvalue weighted by atomic mass is 9.87. The van der Waals surface area contributed by atoms with Crippen LogP contribution < -0.4 is 21.1 Å². The van der Waals surface area contributed by atoms with Crippen molar-refractivity contribution < 1.29 is 9.66 Å². The number of methoxy groups -OCH3 is 1. The van der Waals surface area contributed by atoms with Gasteiger partial charge < -0.3 is 16.2 Å². The summed E-state index contributed by atoms with van der Waals surface area (Å²) in [5.74, 6) is 0.565. The van der Waals surface area contributed by atoms with Gasteiger partial charge in [0.1, 0.15) is 16.4 Å². The average Bonchev–Trinajstić information content (AvgIpc) is 2.54. The third-order valence-electron chi connectivity index (χ3n) is 4.54. The number of ether oxygens (including phenoxy) is 1. The molecule has 1 aliphatic carbocycles. The van der Waals surface area contributed by atoms with Gasteiger partial charge in [-0.15, -0.1) is 0 Å². The summed E-state index contributed by atoms with van der Waals surface area (Å²) in [5, 5.41) is 11.1. The molecule has 1 aliphatic heterocycles. The van der Waals surface area contributed by atoms with Gasteiger partial charge in [-0.3, -0.25) is 15.0 Å². The second-order valence-corrected chi connectivity index (χ2v) is 6.46. The number of rotatable bonds is 3. The van der Waals surface area contributed by atoms with Crippen LogP contribution in [0, 0.1) is 10.1 Å². The maximum absolute atomic E-state index is 11.1. The molecule has 0 atom stereocenters. The Morgan fingerprint density at radius 3 is 2.60 bits per heavy atom. The van der Waals surface area contributed by atoms with Crippen molar-refractivity contribution in [3.05, 3.63) is 27.3 Å². The van der Waals surface area contributed by atoms with Crippen molar-refractivity contribution in [3.63, 3.8) is 0 Å². The molecular formula is C15H19ClN6O3. The number of halogens is 1. The highest BCUT2D eigenvalue weighted by molar-refractivity contribution is 6.33. The SMILES string of the molecule is COc1cc([N+](=O)[O-])c(Cl)cc1N1C(N)=NC(N)=NC12CCCCC2. The number of benzene rings is 1. The van der Waals surface area contributed by atoms with Gasteiger partial charge in [-0.2, -0.15) is 4.99 Å². The van der Waals surface area contributed by atoms with Crippen LogP contribution in [0.5, 0.6) is 5.75 Å². The molecule has 0 aromatic heterocycles. The Kier molecular flexibility index (Phi) is 4.42. The average molecular weight is 367 g/mol. The van der Waals surface area contributed by atoms with Gasteiger partial charge in [0.15, 0.2) is 0 Å². The van der Waals surface area contributed by atoms with Crippen LogP contribution in [0.2, 0.25) is 5.02 Å². The van der Waals surface area contributed by atoms with E-state index in [0.29, 0.717) is 5.69 Å². The van der Waals surface area contributed by atoms with Crippen molar-refractivity contribution in [1.82, 2.24) is 0 Å². The molecule has 1 aromatic rings. The molecule has 4 N–H and O–H groups in total. The third kappa shape index (κ3) is 2.95. The highest BCUT2D eigenvalue weighted by Crippen LogP contribution is 2.45. The first-order valence-electron chi connectivity index (χ1n) is 7.89. The van der Waals surface area contributed by atoms with E-state index in [1.807, 2.05) is 0 Å². The molecule has 0 saturated heterocycles. The quantitative estimate of drug-likeness (QED) is 0.623. The van der Waals surface area contributed by atoms with Crippen LogP contribution in [0.15, 0.2) is 22.1 Å². The summed E-state index contributed by atoms with van der Waals surface area (Å²) in [4.78, 5) is 21.0. The molecular weight excluding hydrogens is 348 g/mol. The second-order valence-electron chi connectivity index (χ2n) is 6.05. The van der Waals surface area contributed by atoms with Crippen molar-refractivity contribution in [2.24, 2.45) is 21.5 Å². The molecule has 0 bridgehead atoms. The van der Waals surface area contributed by atoms with E-state index in [1.54, 1.807) is 4.90 Å². The summed E-state index contributed by atoms with van der Waals surface area (Å²) in [7, 11) is 1.43. The lowest BCUT2D eigenvalue weighted by Gasteiger charge is -2.45. The van der Waals surface area contributed by atoms with Crippen LogP contribution >= 0.6 is 11.6 Å². The molecule has 0 unspecified atom stereocenters. The van der Waals surface area contributed by atoms with Crippen LogP contribution in [-0.4, -0.2) is 29.6 Å². The predicted molar refractivity (Wildman–Crippen MR) is 96.2 cm³/mol. The van der Waals surface area contributed by atoms with E-state index in [4.69, 9.17) is 27.8 Å². The highest BCUT2D eigenvalue weighted by Gasteiger charge is 2.44. The number of nitro groups is 1. The first-order valence-corrected chi connectivity index (χ1v) is 8.27. The fraction of sp³-hybridized carbons (Fsp3) is 0.467. The standard InChI is InChI=1S/C15H19ClN6O3/c1-25-12-8-10(22(23)24)9(16)7-11(12)21-14(18)19-13(17)20-15(21)5-3-2-4-6-15/h7-8H,2-6H2,1H3,(H4,17,18,19,20). The van der Waals surface area contributed by atoms with Crippen molar-refractivity contribution >= 4 is 34.9 Å². The summed E-state index contributed by atoms with van der Waals surface area (Å²) >= 11 is 6.11. The monoisotopic (exact) mass is 366 g/mol. The van der Waals surface area contributed by atoms with Gasteiger partial charge in [0, 0.05) is 0 Å². The fourth-order valence-corrected chi connectivity index (χ4v) is 3.71. The molecule has 25 heavy (non-hydrogen) atoms. The largest absolute Gasteiger partial charge is 0.494 e. The lowest BCUT2D eigenvalue weighted by molar-refractivity contribution is -0.384. The zero-order valence-electron chi connectivity index (χ0n) is 13.7. The Bertz CT molecular complexity index is 773. The number of guanidine groups is 2. The van der Waals surface area contributed by atoms with Crippen LogP contribution in [0.3, 0.4) is 0 Å². The minimum Gasteiger partial charge on any atom is -0.494 e. The molecule has 1 saturated carbocycles. The summed E-state index contributed by atoms with van der Waals surface area (Å²) in [5.41, 5.74) is 11.6. The number of anilines is 1. The van der Waals surface area contributed by atoms with E-state index < -0.39 is 10.6 Å². The van der Waals surface area contributed by atoms with Crippen molar-refractivity contribution in [2.75, 3.05) is 12.0 Å². The summed E-state index contributed by atoms with van der Waals surface area (Å²) in [6, 6.07) is 2.75. The Labute approximate surface area is 149 Å². The minimum atomic E-state index is -0.680. The summed E-state index contributed by atoms with van der Waals surface area (Å²) in [6.07, 6.45) is 4.50. The van der Waals surface area contributed by atoms with E-state index in [-0.39, 0.29) is 28.4 Å². The van der Waals surface area contributed by atoms with Gasteiger partial charge in [-0.05, 0) is 31.7 Å². The van der Waals surface area contributed by atoms with E-state index >= 15 is 0 Å². The topological polar surface area (TPSA) is 132 Å². The molecule has 0 radical (unpaired) electrons. The molecule has 1 aromatic carbocycles. The molecule has 1 heterocycles. The Balaban J connectivity index is 2.17. The van der Waals surface area contributed by atoms with Gasteiger partial charge in [0.05, 0.1) is 23.8 Å². The zero-order chi connectivity index (χ0) is 18.2. The van der Waals surface area contributed by atoms with Crippen molar-refractivity contribution in [2.45, 2.75) is 37.8 Å². The van der Waals surface area contributed by atoms with Crippen LogP contribution in [0.1, 0.15) is 32.1 Å². The smallest absolute Gasteiger partial charge is 0.291 e. The zero-order valence-corrected chi connectivity index (χ0v) is 14.5. The number of nitro benzene ring substituents is 1. The van der Waals surface area contributed by atoms with E-state index in [2.05, 4.69) is 9.98 Å². The van der Waals surface area contributed by atoms with E-state index in [1.165, 1.54) is 19.2 Å².